The van der Waals surface area contributed by atoms with E-state index in [0.717, 1.165) is 41.0 Å². The Morgan fingerprint density at radius 3 is 2.67 bits per heavy atom. The largest absolute Gasteiger partial charge is 0.464 e. The molecule has 0 saturated heterocycles. The summed E-state index contributed by atoms with van der Waals surface area (Å²) in [5, 5.41) is 18.1. The fourth-order valence-corrected chi connectivity index (χ4v) is 4.15. The van der Waals surface area contributed by atoms with Crippen LogP contribution < -0.4 is 4.74 Å². The number of ether oxygens (including phenoxy) is 1. The topological polar surface area (TPSA) is 68.0 Å². The Morgan fingerprint density at radius 1 is 1.10 bits per heavy atom. The number of hydrogen-bond donors (Lipinski definition) is 0. The number of rotatable bonds is 4. The fraction of sp³-hybridized carbons (Fsp3) is 0.208. The van der Waals surface area contributed by atoms with Crippen LogP contribution in [-0.4, -0.2) is 15.6 Å². The number of non-ortho nitro benzene ring substituents is 1. The first-order chi connectivity index (χ1) is 14.6. The van der Waals surface area contributed by atoms with Crippen LogP contribution >= 0.6 is 0 Å². The lowest BCUT2D eigenvalue weighted by molar-refractivity contribution is -0.385. The molecule has 150 valence electrons. The summed E-state index contributed by atoms with van der Waals surface area (Å²) in [6.07, 6.45) is 1.24. The lowest BCUT2D eigenvalue weighted by Gasteiger charge is -2.38. The van der Waals surface area contributed by atoms with E-state index in [2.05, 4.69) is 37.3 Å². The molecule has 0 aromatic heterocycles. The number of hydrazone groups is 1. The maximum Gasteiger partial charge on any atom is 0.269 e. The minimum Gasteiger partial charge on any atom is -0.464 e. The molecule has 0 saturated carbocycles. The maximum atomic E-state index is 11.3. The van der Waals surface area contributed by atoms with Crippen molar-refractivity contribution in [3.63, 3.8) is 0 Å². The van der Waals surface area contributed by atoms with Crippen LogP contribution in [0.4, 0.5) is 5.69 Å². The fourth-order valence-electron chi connectivity index (χ4n) is 4.15. The van der Waals surface area contributed by atoms with Crippen LogP contribution in [0.3, 0.4) is 0 Å². The molecule has 0 fully saturated rings. The quantitative estimate of drug-likeness (QED) is 0.435. The van der Waals surface area contributed by atoms with Crippen molar-refractivity contribution in [1.82, 2.24) is 5.01 Å². The molecule has 0 unspecified atom stereocenters. The van der Waals surface area contributed by atoms with Gasteiger partial charge in [0.05, 0.1) is 16.7 Å². The third-order valence-electron chi connectivity index (χ3n) is 5.76. The molecule has 2 aliphatic heterocycles. The molecule has 30 heavy (non-hydrogen) atoms. The van der Waals surface area contributed by atoms with Crippen LogP contribution in [0.2, 0.25) is 0 Å². The molecule has 3 aromatic carbocycles. The average molecular weight is 399 g/mol. The summed E-state index contributed by atoms with van der Waals surface area (Å²) >= 11 is 0. The van der Waals surface area contributed by atoms with Gasteiger partial charge in [0.15, 0.2) is 0 Å². The van der Waals surface area contributed by atoms with Gasteiger partial charge in [-0.1, -0.05) is 61.5 Å². The Morgan fingerprint density at radius 2 is 1.90 bits per heavy atom. The molecule has 2 aliphatic rings. The lowest BCUT2D eigenvalue weighted by Crippen LogP contribution is -2.33. The van der Waals surface area contributed by atoms with Crippen LogP contribution in [0, 0.1) is 10.1 Å². The van der Waals surface area contributed by atoms with Crippen molar-refractivity contribution in [2.24, 2.45) is 5.10 Å². The van der Waals surface area contributed by atoms with Gasteiger partial charge in [0, 0.05) is 29.7 Å². The molecule has 0 aliphatic carbocycles. The van der Waals surface area contributed by atoms with E-state index in [0.29, 0.717) is 0 Å². The van der Waals surface area contributed by atoms with Gasteiger partial charge < -0.3 is 4.74 Å². The Labute approximate surface area is 174 Å². The highest BCUT2D eigenvalue weighted by Gasteiger charge is 2.41. The van der Waals surface area contributed by atoms with Gasteiger partial charge in [-0.2, -0.15) is 5.10 Å². The smallest absolute Gasteiger partial charge is 0.269 e. The molecule has 0 radical (unpaired) electrons. The zero-order valence-corrected chi connectivity index (χ0v) is 16.6. The van der Waals surface area contributed by atoms with E-state index < -0.39 is 6.23 Å². The van der Waals surface area contributed by atoms with E-state index in [4.69, 9.17) is 9.84 Å². The summed E-state index contributed by atoms with van der Waals surface area (Å²) in [4.78, 5) is 10.9. The summed E-state index contributed by atoms with van der Waals surface area (Å²) in [7, 11) is 0. The second-order valence-corrected chi connectivity index (χ2v) is 7.56. The molecular formula is C24H21N3O3. The van der Waals surface area contributed by atoms with Crippen molar-refractivity contribution >= 4 is 11.4 Å². The number of aryl methyl sites for hydroxylation is 1. The van der Waals surface area contributed by atoms with Crippen LogP contribution in [0.5, 0.6) is 5.75 Å². The van der Waals surface area contributed by atoms with Gasteiger partial charge in [-0.15, -0.1) is 0 Å². The van der Waals surface area contributed by atoms with Crippen molar-refractivity contribution in [3.05, 3.63) is 105 Å². The number of hydrogen-bond acceptors (Lipinski definition) is 5. The maximum absolute atomic E-state index is 11.3. The predicted molar refractivity (Wildman–Crippen MR) is 114 cm³/mol. The van der Waals surface area contributed by atoms with E-state index in [1.54, 1.807) is 12.1 Å². The Bertz CT molecular complexity index is 1140. The first kappa shape index (κ1) is 18.4. The third-order valence-corrected chi connectivity index (χ3v) is 5.76. The van der Waals surface area contributed by atoms with Crippen LogP contribution in [0.1, 0.15) is 47.9 Å². The highest BCUT2D eigenvalue weighted by molar-refractivity contribution is 6.02. The predicted octanol–water partition coefficient (Wildman–Crippen LogP) is 5.40. The molecule has 6 nitrogen and oxygen atoms in total. The molecule has 0 amide bonds. The molecule has 5 rings (SSSR count). The number of nitro benzene ring substituents is 1. The molecule has 3 aromatic rings. The number of fused-ring (bicyclic) bond motifs is 3. The molecule has 0 N–H and O–H groups in total. The van der Waals surface area contributed by atoms with Gasteiger partial charge in [0.1, 0.15) is 5.75 Å². The number of nitrogens with zero attached hydrogens (tertiary/aromatic N) is 3. The Balaban J connectivity index is 1.57. The number of para-hydroxylation sites is 1. The Kier molecular flexibility index (Phi) is 4.47. The van der Waals surface area contributed by atoms with Gasteiger partial charge in [0.25, 0.3) is 5.69 Å². The number of nitro groups is 1. The monoisotopic (exact) mass is 399 g/mol. The van der Waals surface area contributed by atoms with Crippen molar-refractivity contribution in [2.75, 3.05) is 0 Å². The first-order valence-electron chi connectivity index (χ1n) is 10.1. The molecule has 6 heteroatoms. The van der Waals surface area contributed by atoms with E-state index in [-0.39, 0.29) is 16.7 Å². The summed E-state index contributed by atoms with van der Waals surface area (Å²) < 4.78 is 6.28. The molecule has 2 heterocycles. The zero-order valence-electron chi connectivity index (χ0n) is 16.6. The second kappa shape index (κ2) is 7.30. The first-order valence-corrected chi connectivity index (χ1v) is 10.1. The van der Waals surface area contributed by atoms with Gasteiger partial charge in [0.2, 0.25) is 6.23 Å². The average Bonchev–Trinajstić information content (AvgIpc) is 3.24. The highest BCUT2D eigenvalue weighted by atomic mass is 16.6. The summed E-state index contributed by atoms with van der Waals surface area (Å²) in [5.41, 5.74) is 5.23. The zero-order chi connectivity index (χ0) is 20.7. The minimum atomic E-state index is -0.516. The van der Waals surface area contributed by atoms with Gasteiger partial charge in [-0.05, 0) is 23.6 Å². The van der Waals surface area contributed by atoms with Crippen LogP contribution in [0.15, 0.2) is 77.9 Å². The SMILES string of the molecule is CCc1ccc(C2=NN3[C@H](C2)c2ccccc2O[C@H]3c2cccc([N+](=O)[O-])c2)cc1. The molecule has 2 atom stereocenters. The summed E-state index contributed by atoms with van der Waals surface area (Å²) in [5.74, 6) is 0.799. The molecule has 0 bridgehead atoms. The molecular weight excluding hydrogens is 378 g/mol. The number of benzene rings is 3. The van der Waals surface area contributed by atoms with Crippen molar-refractivity contribution < 1.29 is 9.66 Å². The Hall–Kier alpha value is -3.67. The van der Waals surface area contributed by atoms with E-state index in [1.165, 1.54) is 11.6 Å². The van der Waals surface area contributed by atoms with Crippen molar-refractivity contribution in [2.45, 2.75) is 32.0 Å². The third kappa shape index (κ3) is 3.10. The van der Waals surface area contributed by atoms with Crippen molar-refractivity contribution in [3.8, 4) is 5.75 Å². The van der Waals surface area contributed by atoms with Gasteiger partial charge in [-0.25, -0.2) is 5.01 Å². The van der Waals surface area contributed by atoms with E-state index in [9.17, 15) is 10.1 Å². The van der Waals surface area contributed by atoms with Crippen molar-refractivity contribution in [1.29, 1.82) is 0 Å². The van der Waals surface area contributed by atoms with Gasteiger partial charge in [-0.3, -0.25) is 10.1 Å². The standard InChI is InChI=1S/C24H21N3O3/c1-2-16-10-12-17(13-11-16)21-15-22-20-8-3-4-9-23(20)30-24(26(22)25-21)18-6-5-7-19(14-18)27(28)29/h3-14,22,24H,2,15H2,1H3/t22-,24+/m1/s1. The summed E-state index contributed by atoms with van der Waals surface area (Å²) in [6.45, 7) is 2.14. The summed E-state index contributed by atoms with van der Waals surface area (Å²) in [6, 6.07) is 23.1. The minimum absolute atomic E-state index is 0.0278. The van der Waals surface area contributed by atoms with E-state index >= 15 is 0 Å². The van der Waals surface area contributed by atoms with Gasteiger partial charge >= 0.3 is 0 Å². The normalized spacial score (nSPS) is 19.5. The van der Waals surface area contributed by atoms with Crippen LogP contribution in [-0.2, 0) is 6.42 Å². The highest BCUT2D eigenvalue weighted by Crippen LogP contribution is 2.47. The molecule has 0 spiro atoms. The van der Waals surface area contributed by atoms with Crippen LogP contribution in [0.25, 0.3) is 0 Å². The van der Waals surface area contributed by atoms with E-state index in [1.807, 2.05) is 29.3 Å². The lowest BCUT2D eigenvalue weighted by atomic mass is 9.95. The second-order valence-electron chi connectivity index (χ2n) is 7.56.